The summed E-state index contributed by atoms with van der Waals surface area (Å²) in [7, 11) is -7.51. The Kier molecular flexibility index (Phi) is 8.05. The van der Waals surface area contributed by atoms with Gasteiger partial charge in [-0.1, -0.05) is 42.5 Å². The lowest BCUT2D eigenvalue weighted by Gasteiger charge is -2.15. The van der Waals surface area contributed by atoms with Crippen molar-refractivity contribution in [1.82, 2.24) is 10.0 Å². The third kappa shape index (κ3) is 7.12. The Morgan fingerprint density at radius 3 is 2.06 bits per heavy atom. The molecule has 0 heterocycles. The van der Waals surface area contributed by atoms with E-state index < -0.39 is 32.0 Å². The fraction of sp³-hybridized carbons (Fsp3) is 0.174. The van der Waals surface area contributed by atoms with Crippen molar-refractivity contribution in [3.05, 3.63) is 90.0 Å². The fourth-order valence-corrected chi connectivity index (χ4v) is 4.77. The molecule has 1 amide bonds. The summed E-state index contributed by atoms with van der Waals surface area (Å²) in [5.41, 5.74) is 1.53. The van der Waals surface area contributed by atoms with Crippen LogP contribution >= 0.6 is 0 Å². The summed E-state index contributed by atoms with van der Waals surface area (Å²) >= 11 is 0. The van der Waals surface area contributed by atoms with Crippen LogP contribution in [-0.4, -0.2) is 29.3 Å². The van der Waals surface area contributed by atoms with Gasteiger partial charge in [0, 0.05) is 12.6 Å². The summed E-state index contributed by atoms with van der Waals surface area (Å²) in [5, 5.41) is 7.70. The molecule has 34 heavy (non-hydrogen) atoms. The van der Waals surface area contributed by atoms with Crippen molar-refractivity contribution in [3.63, 3.8) is 0 Å². The first kappa shape index (κ1) is 25.4. The molecule has 0 saturated carbocycles. The van der Waals surface area contributed by atoms with Gasteiger partial charge in [0.25, 0.3) is 5.91 Å². The van der Waals surface area contributed by atoms with Gasteiger partial charge in [-0.3, -0.25) is 4.79 Å². The zero-order chi connectivity index (χ0) is 24.8. The predicted octanol–water partition coefficient (Wildman–Crippen LogP) is 2.07. The monoisotopic (exact) mass is 503 g/mol. The number of nitrogens with one attached hydrogen (secondary N) is 2. The Balaban J connectivity index is 1.50. The number of nitrogens with two attached hydrogens (primary N) is 1. The zero-order valence-electron chi connectivity index (χ0n) is 18.3. The highest BCUT2D eigenvalue weighted by Gasteiger charge is 2.18. The molecule has 0 bridgehead atoms. The average Bonchev–Trinajstić information content (AvgIpc) is 2.81. The van der Waals surface area contributed by atoms with Crippen LogP contribution in [0.4, 0.5) is 0 Å². The molecule has 1 unspecified atom stereocenters. The van der Waals surface area contributed by atoms with Crippen LogP contribution in [0.15, 0.2) is 88.7 Å². The van der Waals surface area contributed by atoms with E-state index in [-0.39, 0.29) is 22.9 Å². The van der Waals surface area contributed by atoms with E-state index in [1.165, 1.54) is 36.4 Å². The molecule has 0 spiro atoms. The minimum atomic E-state index is -3.77. The van der Waals surface area contributed by atoms with Crippen LogP contribution < -0.4 is 19.9 Å². The number of rotatable bonds is 10. The Morgan fingerprint density at radius 2 is 1.47 bits per heavy atom. The average molecular weight is 504 g/mol. The van der Waals surface area contributed by atoms with Crippen molar-refractivity contribution in [2.45, 2.75) is 29.3 Å². The van der Waals surface area contributed by atoms with Crippen molar-refractivity contribution in [2.24, 2.45) is 5.14 Å². The highest BCUT2D eigenvalue weighted by Crippen LogP contribution is 2.19. The Bertz CT molecular complexity index is 1330. The van der Waals surface area contributed by atoms with E-state index >= 15 is 0 Å². The summed E-state index contributed by atoms with van der Waals surface area (Å²) in [4.78, 5) is 12.1. The lowest BCUT2D eigenvalue weighted by atomic mass is 10.1. The van der Waals surface area contributed by atoms with Gasteiger partial charge in [-0.25, -0.2) is 26.7 Å². The van der Waals surface area contributed by atoms with Gasteiger partial charge in [0.2, 0.25) is 20.0 Å². The number of hydrogen-bond donors (Lipinski definition) is 3. The van der Waals surface area contributed by atoms with Crippen molar-refractivity contribution < 1.29 is 26.4 Å². The van der Waals surface area contributed by atoms with Gasteiger partial charge in [-0.15, -0.1) is 0 Å². The number of benzene rings is 3. The van der Waals surface area contributed by atoms with Crippen LogP contribution in [0.3, 0.4) is 0 Å². The summed E-state index contributed by atoms with van der Waals surface area (Å²) in [5.74, 6) is -0.0618. The molecule has 11 heteroatoms. The van der Waals surface area contributed by atoms with Gasteiger partial charge in [0.05, 0.1) is 9.79 Å². The van der Waals surface area contributed by atoms with Crippen LogP contribution in [0.25, 0.3) is 0 Å². The summed E-state index contributed by atoms with van der Waals surface area (Å²) in [6.45, 7) is 1.66. The van der Waals surface area contributed by atoms with Crippen LogP contribution in [-0.2, 0) is 31.4 Å². The van der Waals surface area contributed by atoms with Gasteiger partial charge < -0.3 is 10.1 Å². The number of carbonyl (C=O) groups excluding carboxylic acids is 1. The summed E-state index contributed by atoms with van der Waals surface area (Å²) < 4.78 is 55.8. The topological polar surface area (TPSA) is 145 Å². The lowest BCUT2D eigenvalue weighted by molar-refractivity contribution is -0.123. The Morgan fingerprint density at radius 1 is 0.882 bits per heavy atom. The van der Waals surface area contributed by atoms with Crippen LogP contribution in [0.1, 0.15) is 24.1 Å². The third-order valence-electron chi connectivity index (χ3n) is 4.88. The molecule has 0 aromatic heterocycles. The third-order valence-corrected chi connectivity index (χ3v) is 7.36. The van der Waals surface area contributed by atoms with E-state index in [0.717, 1.165) is 5.56 Å². The maximum Gasteiger partial charge on any atom is 0.258 e. The molecule has 180 valence electrons. The second-order valence-electron chi connectivity index (χ2n) is 7.48. The summed E-state index contributed by atoms with van der Waals surface area (Å²) in [6, 6.07) is 20.4. The molecule has 9 nitrogen and oxygen atoms in total. The smallest absolute Gasteiger partial charge is 0.258 e. The van der Waals surface area contributed by atoms with Crippen LogP contribution in [0.5, 0.6) is 5.75 Å². The Labute approximate surface area is 199 Å². The van der Waals surface area contributed by atoms with Gasteiger partial charge in [0.15, 0.2) is 6.61 Å². The first-order valence-electron chi connectivity index (χ1n) is 10.2. The van der Waals surface area contributed by atoms with E-state index in [1.807, 2.05) is 30.3 Å². The molecule has 0 saturated heterocycles. The largest absolute Gasteiger partial charge is 0.484 e. The van der Waals surface area contributed by atoms with Crippen molar-refractivity contribution >= 4 is 26.0 Å². The number of sulfonamides is 2. The van der Waals surface area contributed by atoms with Crippen LogP contribution in [0.2, 0.25) is 0 Å². The standard InChI is InChI=1S/C23H25N3O6S2/c1-17(19-5-3-2-4-6-19)26-34(30,31)22-13-9-20(10-14-22)32-16-23(27)25-15-18-7-11-21(12-8-18)33(24,28)29/h2-14,17,26H,15-16H2,1H3,(H,25,27)(H2,24,28,29). The van der Waals surface area contributed by atoms with Crippen molar-refractivity contribution in [1.29, 1.82) is 0 Å². The van der Waals surface area contributed by atoms with E-state index in [2.05, 4.69) is 10.0 Å². The molecule has 4 N–H and O–H groups in total. The fourth-order valence-electron chi connectivity index (χ4n) is 3.02. The van der Waals surface area contributed by atoms with Gasteiger partial charge in [0.1, 0.15) is 5.75 Å². The molecule has 0 aliphatic carbocycles. The molecule has 0 fully saturated rings. The van der Waals surface area contributed by atoms with E-state index in [1.54, 1.807) is 19.1 Å². The molecular formula is C23H25N3O6S2. The quantitative estimate of drug-likeness (QED) is 0.386. The highest BCUT2D eigenvalue weighted by molar-refractivity contribution is 7.89. The van der Waals surface area contributed by atoms with Gasteiger partial charge >= 0.3 is 0 Å². The predicted molar refractivity (Wildman–Crippen MR) is 127 cm³/mol. The molecule has 3 aromatic carbocycles. The molecule has 0 aliphatic rings. The molecule has 3 aromatic rings. The van der Waals surface area contributed by atoms with E-state index in [4.69, 9.17) is 9.88 Å². The maximum absolute atomic E-state index is 12.6. The van der Waals surface area contributed by atoms with Crippen molar-refractivity contribution in [3.8, 4) is 5.75 Å². The zero-order valence-corrected chi connectivity index (χ0v) is 20.0. The second-order valence-corrected chi connectivity index (χ2v) is 10.8. The van der Waals surface area contributed by atoms with Crippen LogP contribution in [0, 0.1) is 0 Å². The van der Waals surface area contributed by atoms with E-state index in [0.29, 0.717) is 11.3 Å². The minimum Gasteiger partial charge on any atom is -0.484 e. The highest BCUT2D eigenvalue weighted by atomic mass is 32.2. The van der Waals surface area contributed by atoms with Gasteiger partial charge in [-0.2, -0.15) is 0 Å². The molecule has 3 rings (SSSR count). The first-order chi connectivity index (χ1) is 16.0. The Hall–Kier alpha value is -3.25. The molecule has 0 aliphatic heterocycles. The first-order valence-corrected chi connectivity index (χ1v) is 13.3. The van der Waals surface area contributed by atoms with E-state index in [9.17, 15) is 21.6 Å². The second kappa shape index (κ2) is 10.8. The normalized spacial score (nSPS) is 12.6. The number of carbonyl (C=O) groups is 1. The number of amides is 1. The molecule has 1 atom stereocenters. The molecular weight excluding hydrogens is 478 g/mol. The number of hydrogen-bond acceptors (Lipinski definition) is 6. The molecule has 0 radical (unpaired) electrons. The number of primary sulfonamides is 1. The SMILES string of the molecule is CC(NS(=O)(=O)c1ccc(OCC(=O)NCc2ccc(S(N)(=O)=O)cc2)cc1)c1ccccc1. The number of ether oxygens (including phenoxy) is 1. The minimum absolute atomic E-state index is 0.0129. The lowest BCUT2D eigenvalue weighted by Crippen LogP contribution is -2.28. The maximum atomic E-state index is 12.6. The van der Waals surface area contributed by atoms with Gasteiger partial charge in [-0.05, 0) is 54.4 Å². The summed E-state index contributed by atoms with van der Waals surface area (Å²) in [6.07, 6.45) is 0. The van der Waals surface area contributed by atoms with Crippen molar-refractivity contribution in [2.75, 3.05) is 6.61 Å².